The molecule has 2 N–H and O–H groups in total. The molecule has 0 radical (unpaired) electrons. The molecule has 6 heteroatoms. The van der Waals surface area contributed by atoms with Crippen LogP contribution in [0.25, 0.3) is 0 Å². The van der Waals surface area contributed by atoms with Crippen LogP contribution in [0.1, 0.15) is 29.5 Å². The molecule has 3 heterocycles. The summed E-state index contributed by atoms with van der Waals surface area (Å²) in [5, 5.41) is 6.76. The number of thiophene rings is 1. The predicted molar refractivity (Wildman–Crippen MR) is 96.2 cm³/mol. The average Bonchev–Trinajstić information content (AvgIpc) is 3.18. The van der Waals surface area contributed by atoms with Gasteiger partial charge in [-0.25, -0.2) is 4.99 Å². The maximum atomic E-state index is 6.00. The number of nitrogens with zero attached hydrogens (tertiary/aromatic N) is 2. The summed E-state index contributed by atoms with van der Waals surface area (Å²) in [5.74, 6) is 0.880. The van der Waals surface area contributed by atoms with Crippen molar-refractivity contribution in [3.8, 4) is 0 Å². The van der Waals surface area contributed by atoms with Gasteiger partial charge in [0.25, 0.3) is 0 Å². The van der Waals surface area contributed by atoms with Crippen LogP contribution in [-0.2, 0) is 11.3 Å². The highest BCUT2D eigenvalue weighted by molar-refractivity contribution is 7.11. The minimum absolute atomic E-state index is 0.261. The number of fused-ring (bicyclic) bond motifs is 1. The van der Waals surface area contributed by atoms with E-state index in [4.69, 9.17) is 4.74 Å². The van der Waals surface area contributed by atoms with E-state index in [0.717, 1.165) is 38.7 Å². The Morgan fingerprint density at radius 3 is 3.13 bits per heavy atom. The molecule has 0 saturated carbocycles. The topological polar surface area (TPSA) is 48.9 Å². The molecule has 0 aliphatic carbocycles. The van der Waals surface area contributed by atoms with Gasteiger partial charge in [-0.2, -0.15) is 0 Å². The van der Waals surface area contributed by atoms with Crippen LogP contribution < -0.4 is 10.6 Å². The quantitative estimate of drug-likeness (QED) is 0.638. The number of aliphatic imine (C=N–C) groups is 1. The minimum atomic E-state index is 0.261. The fraction of sp³-hybridized carbons (Fsp3) is 0.706. The molecule has 0 bridgehead atoms. The molecule has 2 aliphatic rings. The van der Waals surface area contributed by atoms with Crippen LogP contribution in [0.2, 0.25) is 0 Å². The zero-order valence-corrected chi connectivity index (χ0v) is 15.0. The van der Waals surface area contributed by atoms with Gasteiger partial charge < -0.3 is 15.4 Å². The van der Waals surface area contributed by atoms with E-state index in [2.05, 4.69) is 46.5 Å². The number of ether oxygens (including phenoxy) is 1. The number of guanidine groups is 1. The van der Waals surface area contributed by atoms with Crippen molar-refractivity contribution in [3.63, 3.8) is 0 Å². The van der Waals surface area contributed by atoms with E-state index < -0.39 is 0 Å². The van der Waals surface area contributed by atoms with E-state index in [1.807, 2.05) is 11.3 Å². The van der Waals surface area contributed by atoms with Crippen LogP contribution in [0.5, 0.6) is 0 Å². The van der Waals surface area contributed by atoms with E-state index in [1.54, 1.807) is 0 Å². The summed E-state index contributed by atoms with van der Waals surface area (Å²) in [4.78, 5) is 9.90. The maximum absolute atomic E-state index is 6.00. The molecule has 128 valence electrons. The average molecular weight is 337 g/mol. The van der Waals surface area contributed by atoms with Crippen molar-refractivity contribution < 1.29 is 4.74 Å². The molecular weight excluding hydrogens is 308 g/mol. The van der Waals surface area contributed by atoms with Gasteiger partial charge in [-0.15, -0.1) is 11.3 Å². The Morgan fingerprint density at radius 1 is 1.43 bits per heavy atom. The molecule has 2 unspecified atom stereocenters. The van der Waals surface area contributed by atoms with E-state index in [0.29, 0.717) is 6.04 Å². The highest BCUT2D eigenvalue weighted by Gasteiger charge is 2.32. The Kier molecular flexibility index (Phi) is 5.91. The number of nitrogens with one attached hydrogen (secondary N) is 2. The number of hydrogen-bond donors (Lipinski definition) is 2. The first-order valence-corrected chi connectivity index (χ1v) is 9.49. The molecule has 0 spiro atoms. The summed E-state index contributed by atoms with van der Waals surface area (Å²) in [7, 11) is 0. The van der Waals surface area contributed by atoms with Crippen LogP contribution in [0, 0.1) is 6.92 Å². The van der Waals surface area contributed by atoms with E-state index >= 15 is 0 Å². The fourth-order valence-corrected chi connectivity index (χ4v) is 4.10. The Morgan fingerprint density at radius 2 is 2.35 bits per heavy atom. The summed E-state index contributed by atoms with van der Waals surface area (Å²) in [5.41, 5.74) is 0. The van der Waals surface area contributed by atoms with Crippen molar-refractivity contribution in [2.24, 2.45) is 4.99 Å². The highest BCUT2D eigenvalue weighted by atomic mass is 32.1. The molecule has 0 amide bonds. The zero-order chi connectivity index (χ0) is 16.1. The number of aryl methyl sites for hydroxylation is 1. The largest absolute Gasteiger partial charge is 0.373 e. The predicted octanol–water partition coefficient (Wildman–Crippen LogP) is 1.97. The number of hydrogen-bond acceptors (Lipinski definition) is 4. The van der Waals surface area contributed by atoms with Crippen LogP contribution >= 0.6 is 11.3 Å². The number of morpholine rings is 1. The van der Waals surface area contributed by atoms with E-state index in [1.165, 1.54) is 29.1 Å². The molecule has 2 saturated heterocycles. The summed E-state index contributed by atoms with van der Waals surface area (Å²) in [6.45, 7) is 9.80. The van der Waals surface area contributed by atoms with Crippen LogP contribution in [-0.4, -0.2) is 55.8 Å². The van der Waals surface area contributed by atoms with Gasteiger partial charge in [0.1, 0.15) is 0 Å². The lowest BCUT2D eigenvalue weighted by Gasteiger charge is -2.35. The summed E-state index contributed by atoms with van der Waals surface area (Å²) < 4.78 is 6.00. The summed E-state index contributed by atoms with van der Waals surface area (Å²) >= 11 is 1.81. The Labute approximate surface area is 143 Å². The lowest BCUT2D eigenvalue weighted by molar-refractivity contribution is -0.0453. The smallest absolute Gasteiger partial charge is 0.191 e. The van der Waals surface area contributed by atoms with Crippen LogP contribution in [0.4, 0.5) is 0 Å². The van der Waals surface area contributed by atoms with Crippen LogP contribution in [0.3, 0.4) is 0 Å². The summed E-state index contributed by atoms with van der Waals surface area (Å²) in [6.07, 6.45) is 2.88. The SMILES string of the molecule is CCNC(=NCc1ccc(C)s1)NCC1CN2CCCC2CO1. The lowest BCUT2D eigenvalue weighted by Crippen LogP contribution is -2.51. The van der Waals surface area contributed by atoms with Gasteiger partial charge in [-0.05, 0) is 45.4 Å². The van der Waals surface area contributed by atoms with Crippen LogP contribution in [0.15, 0.2) is 17.1 Å². The monoisotopic (exact) mass is 336 g/mol. The first-order chi connectivity index (χ1) is 11.2. The standard InChI is InChI=1S/C17H28N4OS/c1-3-18-17(20-10-16-7-6-13(2)23-16)19-9-15-11-21-8-4-5-14(21)12-22-15/h6-7,14-15H,3-5,8-12H2,1-2H3,(H2,18,19,20). The second-order valence-corrected chi connectivity index (χ2v) is 7.71. The van der Waals surface area contributed by atoms with Gasteiger partial charge in [-0.3, -0.25) is 4.90 Å². The van der Waals surface area contributed by atoms with Gasteiger partial charge in [0.05, 0.1) is 19.3 Å². The fourth-order valence-electron chi connectivity index (χ4n) is 3.29. The molecule has 5 nitrogen and oxygen atoms in total. The molecular formula is C17H28N4OS. The van der Waals surface area contributed by atoms with Gasteiger partial charge >= 0.3 is 0 Å². The Hall–Kier alpha value is -1.11. The second-order valence-electron chi connectivity index (χ2n) is 6.33. The lowest BCUT2D eigenvalue weighted by atomic mass is 10.2. The first-order valence-electron chi connectivity index (χ1n) is 8.67. The second kappa shape index (κ2) is 8.13. The molecule has 0 aromatic carbocycles. The third-order valence-corrected chi connectivity index (χ3v) is 5.48. The molecule has 1 aromatic rings. The van der Waals surface area contributed by atoms with E-state index in [-0.39, 0.29) is 6.10 Å². The molecule has 3 rings (SSSR count). The Bertz CT molecular complexity index is 530. The third-order valence-electron chi connectivity index (χ3n) is 4.49. The van der Waals surface area contributed by atoms with E-state index in [9.17, 15) is 0 Å². The van der Waals surface area contributed by atoms with Crippen molar-refractivity contribution in [1.29, 1.82) is 0 Å². The third kappa shape index (κ3) is 4.68. The van der Waals surface area contributed by atoms with Crippen molar-refractivity contribution in [2.45, 2.75) is 45.4 Å². The van der Waals surface area contributed by atoms with Gasteiger partial charge in [0.2, 0.25) is 0 Å². The minimum Gasteiger partial charge on any atom is -0.373 e. The molecule has 2 atom stereocenters. The zero-order valence-electron chi connectivity index (χ0n) is 14.2. The highest BCUT2D eigenvalue weighted by Crippen LogP contribution is 2.22. The maximum Gasteiger partial charge on any atom is 0.191 e. The number of rotatable bonds is 5. The summed E-state index contributed by atoms with van der Waals surface area (Å²) in [6, 6.07) is 4.97. The van der Waals surface area contributed by atoms with Gasteiger partial charge in [0, 0.05) is 35.4 Å². The van der Waals surface area contributed by atoms with Gasteiger partial charge in [0.15, 0.2) is 5.96 Å². The Balaban J connectivity index is 1.48. The molecule has 2 fully saturated rings. The first kappa shape index (κ1) is 16.7. The van der Waals surface area contributed by atoms with Gasteiger partial charge in [-0.1, -0.05) is 0 Å². The van der Waals surface area contributed by atoms with Crippen molar-refractivity contribution in [1.82, 2.24) is 15.5 Å². The molecule has 1 aromatic heterocycles. The normalized spacial score (nSPS) is 25.4. The van der Waals surface area contributed by atoms with Crippen molar-refractivity contribution in [2.75, 3.05) is 32.8 Å². The molecule has 23 heavy (non-hydrogen) atoms. The van der Waals surface area contributed by atoms with Crippen molar-refractivity contribution >= 4 is 17.3 Å². The molecule has 2 aliphatic heterocycles. The van der Waals surface area contributed by atoms with Crippen molar-refractivity contribution in [3.05, 3.63) is 21.9 Å².